The molecule has 0 N–H and O–H groups in total. The highest BCUT2D eigenvalue weighted by atomic mass is 32.2. The Bertz CT molecular complexity index is 241. The molecule has 2 saturated heterocycles. The van der Waals surface area contributed by atoms with Crippen LogP contribution in [0.4, 0.5) is 0 Å². The quantitative estimate of drug-likeness (QED) is 0.710. The fourth-order valence-corrected chi connectivity index (χ4v) is 2.60. The molecular formula is C11H20O4S. The van der Waals surface area contributed by atoms with Crippen molar-refractivity contribution in [3.8, 4) is 0 Å². The third-order valence-electron chi connectivity index (χ3n) is 2.69. The van der Waals surface area contributed by atoms with Gasteiger partial charge in [-0.1, -0.05) is 0 Å². The van der Waals surface area contributed by atoms with E-state index in [-0.39, 0.29) is 30.0 Å². The van der Waals surface area contributed by atoms with Crippen molar-refractivity contribution in [1.29, 1.82) is 0 Å². The van der Waals surface area contributed by atoms with E-state index < -0.39 is 0 Å². The predicted molar refractivity (Wildman–Crippen MR) is 62.5 cm³/mol. The molecule has 16 heavy (non-hydrogen) atoms. The van der Waals surface area contributed by atoms with Crippen molar-refractivity contribution >= 4 is 12.0 Å². The fraction of sp³-hybridized carbons (Fsp3) is 1.00. The largest absolute Gasteiger partial charge is 0.370 e. The number of fused-ring (bicyclic) bond motifs is 1. The van der Waals surface area contributed by atoms with E-state index in [2.05, 4.69) is 0 Å². The normalized spacial score (nSPS) is 39.0. The van der Waals surface area contributed by atoms with Crippen molar-refractivity contribution in [2.24, 2.45) is 0 Å². The number of rotatable bonds is 3. The SMILES string of the molecule is CSO[C@@H]1CO[C@H]2[C@@H]1OC[C@@H]2OC(C)(C)C. The van der Waals surface area contributed by atoms with Crippen molar-refractivity contribution in [2.75, 3.05) is 19.5 Å². The molecule has 0 bridgehead atoms. The molecule has 94 valence electrons. The molecular weight excluding hydrogens is 228 g/mol. The maximum Gasteiger partial charge on any atom is 0.124 e. The lowest BCUT2D eigenvalue weighted by Crippen LogP contribution is -2.37. The molecule has 2 rings (SSSR count). The summed E-state index contributed by atoms with van der Waals surface area (Å²) in [4.78, 5) is 0. The van der Waals surface area contributed by atoms with Gasteiger partial charge in [0.15, 0.2) is 0 Å². The second kappa shape index (κ2) is 4.82. The molecule has 0 aliphatic carbocycles. The topological polar surface area (TPSA) is 36.9 Å². The first-order valence-corrected chi connectivity index (χ1v) is 6.77. The van der Waals surface area contributed by atoms with Crippen molar-refractivity contribution < 1.29 is 18.4 Å². The smallest absolute Gasteiger partial charge is 0.124 e. The second-order valence-electron chi connectivity index (χ2n) is 5.17. The molecule has 5 heteroatoms. The van der Waals surface area contributed by atoms with E-state index in [4.69, 9.17) is 18.4 Å². The van der Waals surface area contributed by atoms with Crippen LogP contribution in [-0.2, 0) is 18.4 Å². The Morgan fingerprint density at radius 2 is 1.62 bits per heavy atom. The molecule has 0 unspecified atom stereocenters. The van der Waals surface area contributed by atoms with Crippen LogP contribution in [0.15, 0.2) is 0 Å². The Labute approximate surface area is 101 Å². The molecule has 2 aliphatic heterocycles. The van der Waals surface area contributed by atoms with Gasteiger partial charge < -0.3 is 18.4 Å². The minimum absolute atomic E-state index is 0.0244. The fourth-order valence-electron chi connectivity index (χ4n) is 2.19. The molecule has 2 aliphatic rings. The van der Waals surface area contributed by atoms with Crippen molar-refractivity contribution in [3.63, 3.8) is 0 Å². The van der Waals surface area contributed by atoms with Gasteiger partial charge in [0.25, 0.3) is 0 Å². The average Bonchev–Trinajstić information content (AvgIpc) is 2.69. The Morgan fingerprint density at radius 3 is 2.19 bits per heavy atom. The Hall–Kier alpha value is 0.190. The summed E-state index contributed by atoms with van der Waals surface area (Å²) in [6.45, 7) is 7.34. The molecule has 0 aromatic carbocycles. The van der Waals surface area contributed by atoms with E-state index >= 15 is 0 Å². The van der Waals surface area contributed by atoms with Crippen molar-refractivity contribution in [1.82, 2.24) is 0 Å². The van der Waals surface area contributed by atoms with Crippen LogP contribution in [0, 0.1) is 0 Å². The molecule has 0 radical (unpaired) electrons. The zero-order valence-corrected chi connectivity index (χ0v) is 11.1. The zero-order chi connectivity index (χ0) is 11.8. The van der Waals surface area contributed by atoms with Gasteiger partial charge in [-0.15, -0.1) is 0 Å². The van der Waals surface area contributed by atoms with Crippen LogP contribution in [0.5, 0.6) is 0 Å². The summed E-state index contributed by atoms with van der Waals surface area (Å²) >= 11 is 1.36. The zero-order valence-electron chi connectivity index (χ0n) is 10.3. The molecule has 2 fully saturated rings. The predicted octanol–water partition coefficient (Wildman–Crippen LogP) is 1.63. The summed E-state index contributed by atoms with van der Waals surface area (Å²) in [5.41, 5.74) is -0.162. The summed E-state index contributed by atoms with van der Waals surface area (Å²) in [6.07, 6.45) is 2.02. The van der Waals surface area contributed by atoms with Gasteiger partial charge in [-0.05, 0) is 32.8 Å². The highest BCUT2D eigenvalue weighted by Crippen LogP contribution is 2.33. The van der Waals surface area contributed by atoms with Crippen molar-refractivity contribution in [3.05, 3.63) is 0 Å². The highest BCUT2D eigenvalue weighted by Gasteiger charge is 2.49. The minimum atomic E-state index is -0.162. The van der Waals surface area contributed by atoms with E-state index in [1.165, 1.54) is 12.0 Å². The van der Waals surface area contributed by atoms with E-state index in [0.717, 1.165) is 0 Å². The van der Waals surface area contributed by atoms with Gasteiger partial charge in [0.2, 0.25) is 0 Å². The number of ether oxygens (including phenoxy) is 3. The standard InChI is InChI=1S/C11H20O4S/c1-11(2,3)14-7-5-12-10-8(15-16-4)6-13-9(7)10/h7-10H,5-6H2,1-4H3/t7-,8+,9+,10+/m0/s1. The van der Waals surface area contributed by atoms with E-state index in [9.17, 15) is 0 Å². The molecule has 4 atom stereocenters. The first kappa shape index (κ1) is 12.6. The number of hydrogen-bond donors (Lipinski definition) is 0. The molecule has 4 nitrogen and oxygen atoms in total. The van der Waals surface area contributed by atoms with Crippen LogP contribution in [0.1, 0.15) is 20.8 Å². The average molecular weight is 248 g/mol. The lowest BCUT2D eigenvalue weighted by atomic mass is 10.1. The second-order valence-corrected chi connectivity index (χ2v) is 5.69. The van der Waals surface area contributed by atoms with Gasteiger partial charge in [-0.25, -0.2) is 0 Å². The summed E-state index contributed by atoms with van der Waals surface area (Å²) in [5.74, 6) is 0. The van der Waals surface area contributed by atoms with Crippen LogP contribution in [0.3, 0.4) is 0 Å². The van der Waals surface area contributed by atoms with E-state index in [1.807, 2.05) is 27.0 Å². The first-order valence-electron chi connectivity index (χ1n) is 5.62. The van der Waals surface area contributed by atoms with E-state index in [0.29, 0.717) is 13.2 Å². The lowest BCUT2D eigenvalue weighted by Gasteiger charge is -2.26. The van der Waals surface area contributed by atoms with E-state index in [1.54, 1.807) is 0 Å². The summed E-state index contributed by atoms with van der Waals surface area (Å²) in [6, 6.07) is 0. The molecule has 0 spiro atoms. The molecule has 0 saturated carbocycles. The molecule has 0 aromatic rings. The third kappa shape index (κ3) is 2.71. The maximum absolute atomic E-state index is 5.93. The Kier molecular flexibility index (Phi) is 3.81. The minimum Gasteiger partial charge on any atom is -0.370 e. The molecule has 0 amide bonds. The van der Waals surface area contributed by atoms with Crippen LogP contribution >= 0.6 is 12.0 Å². The lowest BCUT2D eigenvalue weighted by molar-refractivity contribution is -0.103. The van der Waals surface area contributed by atoms with Gasteiger partial charge >= 0.3 is 0 Å². The Balaban J connectivity index is 1.93. The van der Waals surface area contributed by atoms with Gasteiger partial charge in [-0.2, -0.15) is 0 Å². The molecule has 2 heterocycles. The monoisotopic (exact) mass is 248 g/mol. The van der Waals surface area contributed by atoms with Crippen LogP contribution < -0.4 is 0 Å². The third-order valence-corrected chi connectivity index (χ3v) is 3.13. The first-order chi connectivity index (χ1) is 7.51. The summed E-state index contributed by atoms with van der Waals surface area (Å²) < 4.78 is 22.9. The van der Waals surface area contributed by atoms with Crippen LogP contribution in [0.25, 0.3) is 0 Å². The molecule has 0 aromatic heterocycles. The van der Waals surface area contributed by atoms with Crippen molar-refractivity contribution in [2.45, 2.75) is 50.8 Å². The Morgan fingerprint density at radius 1 is 1.06 bits per heavy atom. The van der Waals surface area contributed by atoms with Gasteiger partial charge in [0.1, 0.15) is 24.4 Å². The number of hydrogen-bond acceptors (Lipinski definition) is 5. The highest BCUT2D eigenvalue weighted by molar-refractivity contribution is 7.93. The van der Waals surface area contributed by atoms with Gasteiger partial charge in [-0.3, -0.25) is 0 Å². The van der Waals surface area contributed by atoms with Crippen LogP contribution in [0.2, 0.25) is 0 Å². The van der Waals surface area contributed by atoms with Gasteiger partial charge in [0, 0.05) is 6.26 Å². The maximum atomic E-state index is 5.93. The van der Waals surface area contributed by atoms with Crippen LogP contribution in [-0.4, -0.2) is 49.5 Å². The van der Waals surface area contributed by atoms with Gasteiger partial charge in [0.05, 0.1) is 18.8 Å². The summed E-state index contributed by atoms with van der Waals surface area (Å²) in [7, 11) is 0. The summed E-state index contributed by atoms with van der Waals surface area (Å²) in [5, 5.41) is 0.